The highest BCUT2D eigenvalue weighted by Gasteiger charge is 2.14. The number of carbonyl (C=O) groups is 1. The van der Waals surface area contributed by atoms with Gasteiger partial charge in [-0.15, -0.1) is 0 Å². The first-order valence-electron chi connectivity index (χ1n) is 5.00. The number of nitrogens with zero attached hydrogens (tertiary/aromatic N) is 3. The van der Waals surface area contributed by atoms with Crippen LogP contribution in [0.5, 0.6) is 0 Å². The van der Waals surface area contributed by atoms with Crippen LogP contribution in [0.15, 0.2) is 18.3 Å². The number of hydrogen-bond donors (Lipinski definition) is 1. The van der Waals surface area contributed by atoms with Crippen molar-refractivity contribution >= 4 is 11.7 Å². The monoisotopic (exact) mass is 235 g/mol. The molecule has 0 unspecified atom stereocenters. The Kier molecular flexibility index (Phi) is 4.91. The highest BCUT2D eigenvalue weighted by molar-refractivity contribution is 5.74. The van der Waals surface area contributed by atoms with Gasteiger partial charge in [-0.3, -0.25) is 4.79 Å². The van der Waals surface area contributed by atoms with Gasteiger partial charge in [-0.25, -0.2) is 4.98 Å². The third-order valence-corrected chi connectivity index (χ3v) is 2.12. The first-order chi connectivity index (χ1) is 8.19. The van der Waals surface area contributed by atoms with Crippen LogP contribution in [-0.4, -0.2) is 42.9 Å². The molecule has 1 rings (SSSR count). The number of aliphatic carboxylic acids is 1. The fraction of sp³-hybridized carbons (Fsp3) is 0.364. The molecule has 0 saturated heterocycles. The topological polar surface area (TPSA) is 86.4 Å². The third kappa shape index (κ3) is 3.74. The van der Waals surface area contributed by atoms with Crippen LogP contribution in [-0.2, 0) is 9.53 Å². The van der Waals surface area contributed by atoms with Gasteiger partial charge >= 0.3 is 5.97 Å². The smallest absolute Gasteiger partial charge is 0.323 e. The lowest BCUT2D eigenvalue weighted by Gasteiger charge is -2.22. The van der Waals surface area contributed by atoms with E-state index in [9.17, 15) is 4.79 Å². The van der Waals surface area contributed by atoms with Crippen molar-refractivity contribution in [3.63, 3.8) is 0 Å². The molecule has 0 radical (unpaired) electrons. The molecule has 0 spiro atoms. The maximum Gasteiger partial charge on any atom is 0.323 e. The van der Waals surface area contributed by atoms with E-state index < -0.39 is 5.97 Å². The highest BCUT2D eigenvalue weighted by Crippen LogP contribution is 2.16. The lowest BCUT2D eigenvalue weighted by atomic mass is 10.2. The zero-order valence-electron chi connectivity index (χ0n) is 9.46. The van der Waals surface area contributed by atoms with Gasteiger partial charge in [-0.05, 0) is 12.1 Å². The Morgan fingerprint density at radius 2 is 2.47 bits per heavy atom. The predicted octanol–water partition coefficient (Wildman–Crippen LogP) is 0.491. The minimum atomic E-state index is -0.964. The van der Waals surface area contributed by atoms with E-state index in [0.29, 0.717) is 18.8 Å². The molecule has 0 aliphatic heterocycles. The van der Waals surface area contributed by atoms with Crippen LogP contribution in [0, 0.1) is 11.3 Å². The standard InChI is InChI=1S/C11H13N3O3/c1-17-6-5-14(8-11(15)16)10-3-2-4-13-9(10)7-12/h2-4H,5-6,8H2,1H3,(H,15,16). The second kappa shape index (κ2) is 6.45. The van der Waals surface area contributed by atoms with Crippen molar-refractivity contribution in [1.29, 1.82) is 5.26 Å². The number of carboxylic acid groups (broad SMARTS) is 1. The molecule has 6 nitrogen and oxygen atoms in total. The van der Waals surface area contributed by atoms with Gasteiger partial charge in [0.05, 0.1) is 12.3 Å². The molecule has 0 saturated carbocycles. The number of anilines is 1. The molecule has 1 aromatic heterocycles. The minimum absolute atomic E-state index is 0.191. The third-order valence-electron chi connectivity index (χ3n) is 2.12. The summed E-state index contributed by atoms with van der Waals surface area (Å²) in [5, 5.41) is 17.7. The number of nitriles is 1. The van der Waals surface area contributed by atoms with Crippen LogP contribution < -0.4 is 4.90 Å². The predicted molar refractivity (Wildman–Crippen MR) is 60.7 cm³/mol. The number of aromatic nitrogens is 1. The number of carboxylic acids is 1. The maximum atomic E-state index is 10.8. The Balaban J connectivity index is 2.95. The molecule has 0 amide bonds. The SMILES string of the molecule is COCCN(CC(=O)O)c1cccnc1C#N. The van der Waals surface area contributed by atoms with Crippen LogP contribution in [0.2, 0.25) is 0 Å². The maximum absolute atomic E-state index is 10.8. The van der Waals surface area contributed by atoms with Gasteiger partial charge in [0.1, 0.15) is 12.6 Å². The van der Waals surface area contributed by atoms with Crippen molar-refractivity contribution in [2.24, 2.45) is 0 Å². The van der Waals surface area contributed by atoms with E-state index in [-0.39, 0.29) is 12.2 Å². The van der Waals surface area contributed by atoms with E-state index >= 15 is 0 Å². The molecule has 17 heavy (non-hydrogen) atoms. The molecule has 90 valence electrons. The summed E-state index contributed by atoms with van der Waals surface area (Å²) in [6.07, 6.45) is 1.50. The first-order valence-corrected chi connectivity index (χ1v) is 5.00. The Hall–Kier alpha value is -2.13. The Morgan fingerprint density at radius 3 is 3.06 bits per heavy atom. The van der Waals surface area contributed by atoms with Crippen molar-refractivity contribution in [2.45, 2.75) is 0 Å². The molecule has 1 N–H and O–H groups in total. The minimum Gasteiger partial charge on any atom is -0.480 e. The number of rotatable bonds is 6. The van der Waals surface area contributed by atoms with Gasteiger partial charge in [0.25, 0.3) is 0 Å². The first kappa shape index (κ1) is 12.9. The number of methoxy groups -OCH3 is 1. The van der Waals surface area contributed by atoms with Gasteiger partial charge in [0, 0.05) is 19.9 Å². The van der Waals surface area contributed by atoms with E-state index in [1.165, 1.54) is 13.3 Å². The second-order valence-corrected chi connectivity index (χ2v) is 3.29. The lowest BCUT2D eigenvalue weighted by Crippen LogP contribution is -2.33. The molecule has 1 aromatic rings. The summed E-state index contributed by atoms with van der Waals surface area (Å²) in [7, 11) is 1.54. The largest absolute Gasteiger partial charge is 0.480 e. The highest BCUT2D eigenvalue weighted by atomic mass is 16.5. The summed E-state index contributed by atoms with van der Waals surface area (Å²) in [5.41, 5.74) is 0.722. The van der Waals surface area contributed by atoms with E-state index in [1.807, 2.05) is 6.07 Å². The Bertz CT molecular complexity index is 428. The van der Waals surface area contributed by atoms with Crippen LogP contribution in [0.25, 0.3) is 0 Å². The van der Waals surface area contributed by atoms with Crippen LogP contribution in [0.3, 0.4) is 0 Å². The summed E-state index contributed by atoms with van der Waals surface area (Å²) in [4.78, 5) is 16.2. The number of ether oxygens (including phenoxy) is 1. The number of pyridine rings is 1. The zero-order chi connectivity index (χ0) is 12.7. The summed E-state index contributed by atoms with van der Waals surface area (Å²) in [5.74, 6) is -0.964. The molecular formula is C11H13N3O3. The molecule has 0 atom stereocenters. The summed E-state index contributed by atoms with van der Waals surface area (Å²) < 4.78 is 4.91. The zero-order valence-corrected chi connectivity index (χ0v) is 9.46. The van der Waals surface area contributed by atoms with Crippen molar-refractivity contribution in [2.75, 3.05) is 31.7 Å². The van der Waals surface area contributed by atoms with Crippen LogP contribution in [0.4, 0.5) is 5.69 Å². The van der Waals surface area contributed by atoms with Crippen LogP contribution >= 0.6 is 0 Å². The molecule has 0 aliphatic rings. The lowest BCUT2D eigenvalue weighted by molar-refractivity contribution is -0.135. The molecule has 0 aromatic carbocycles. The Labute approximate surface area is 99.1 Å². The van der Waals surface area contributed by atoms with Crippen molar-refractivity contribution in [3.8, 4) is 6.07 Å². The van der Waals surface area contributed by atoms with E-state index in [4.69, 9.17) is 15.1 Å². The fourth-order valence-corrected chi connectivity index (χ4v) is 1.39. The molecule has 0 bridgehead atoms. The van der Waals surface area contributed by atoms with Crippen molar-refractivity contribution < 1.29 is 14.6 Å². The van der Waals surface area contributed by atoms with E-state index in [2.05, 4.69) is 4.98 Å². The van der Waals surface area contributed by atoms with Gasteiger partial charge in [-0.2, -0.15) is 5.26 Å². The van der Waals surface area contributed by atoms with Gasteiger partial charge in [0.15, 0.2) is 5.69 Å². The average Bonchev–Trinajstić information content (AvgIpc) is 2.34. The van der Waals surface area contributed by atoms with E-state index in [0.717, 1.165) is 0 Å². The van der Waals surface area contributed by atoms with Gasteiger partial charge in [0.2, 0.25) is 0 Å². The van der Waals surface area contributed by atoms with Gasteiger partial charge < -0.3 is 14.7 Å². The number of hydrogen-bond acceptors (Lipinski definition) is 5. The van der Waals surface area contributed by atoms with Crippen LogP contribution in [0.1, 0.15) is 5.69 Å². The van der Waals surface area contributed by atoms with Crippen molar-refractivity contribution in [1.82, 2.24) is 4.98 Å². The van der Waals surface area contributed by atoms with Gasteiger partial charge in [-0.1, -0.05) is 0 Å². The van der Waals surface area contributed by atoms with E-state index in [1.54, 1.807) is 17.0 Å². The summed E-state index contributed by atoms with van der Waals surface area (Å²) in [6, 6.07) is 5.27. The molecule has 0 fully saturated rings. The molecule has 6 heteroatoms. The average molecular weight is 235 g/mol. The molecule has 1 heterocycles. The molecular weight excluding hydrogens is 222 g/mol. The second-order valence-electron chi connectivity index (χ2n) is 3.29. The normalized spacial score (nSPS) is 9.65. The Morgan fingerprint density at radius 1 is 1.71 bits per heavy atom. The van der Waals surface area contributed by atoms with Crippen molar-refractivity contribution in [3.05, 3.63) is 24.0 Å². The quantitative estimate of drug-likeness (QED) is 0.772. The summed E-state index contributed by atoms with van der Waals surface area (Å²) in [6.45, 7) is 0.583. The fourth-order valence-electron chi connectivity index (χ4n) is 1.39. The molecule has 0 aliphatic carbocycles. The summed E-state index contributed by atoms with van der Waals surface area (Å²) >= 11 is 0.